The standard InChI is InChI=1S/C38H40N6/c1-3-13-33-29(9-1)31-11-5-7-15-35(31)43-27-25-41(37(33)43)23-21-39-17-19-40(20-18-39)22-24-42-26-28-44-36-16-8-6-12-32(36)30-10-2-4-14-34(30)38(42)44/h1-16H,17-28H2/q+2. The van der Waals surface area contributed by atoms with E-state index in [4.69, 9.17) is 0 Å². The first-order chi connectivity index (χ1) is 21.8. The lowest BCUT2D eigenvalue weighted by molar-refractivity contribution is -0.643. The van der Waals surface area contributed by atoms with Gasteiger partial charge in [0.1, 0.15) is 37.2 Å². The van der Waals surface area contributed by atoms with Crippen LogP contribution in [0.25, 0.3) is 43.4 Å². The minimum absolute atomic E-state index is 1.07. The van der Waals surface area contributed by atoms with Gasteiger partial charge >= 0.3 is 0 Å². The Bertz CT molecular complexity index is 1880. The van der Waals surface area contributed by atoms with Gasteiger partial charge in [-0.25, -0.2) is 9.13 Å². The monoisotopic (exact) mass is 580 g/mol. The lowest BCUT2D eigenvalue weighted by Gasteiger charge is -2.34. The Balaban J connectivity index is 0.855. The summed E-state index contributed by atoms with van der Waals surface area (Å²) in [6, 6.07) is 35.8. The van der Waals surface area contributed by atoms with Crippen LogP contribution in [-0.2, 0) is 13.1 Å². The summed E-state index contributed by atoms with van der Waals surface area (Å²) < 4.78 is 5.10. The topological polar surface area (TPSA) is 20.7 Å². The van der Waals surface area contributed by atoms with Crippen molar-refractivity contribution in [3.63, 3.8) is 0 Å². The Labute approximate surface area is 258 Å². The number of anilines is 2. The van der Waals surface area contributed by atoms with E-state index in [9.17, 15) is 0 Å². The first-order valence-electron chi connectivity index (χ1n) is 16.4. The molecule has 1 saturated heterocycles. The van der Waals surface area contributed by atoms with Crippen LogP contribution in [0.3, 0.4) is 0 Å². The molecule has 1 fully saturated rings. The zero-order chi connectivity index (χ0) is 29.0. The van der Waals surface area contributed by atoms with E-state index in [-0.39, 0.29) is 0 Å². The maximum atomic E-state index is 2.68. The molecule has 0 radical (unpaired) electrons. The number of nitrogens with zero attached hydrogens (tertiary/aromatic N) is 6. The van der Waals surface area contributed by atoms with Crippen LogP contribution in [-0.4, -0.2) is 75.2 Å². The van der Waals surface area contributed by atoms with E-state index >= 15 is 0 Å². The summed E-state index contributed by atoms with van der Waals surface area (Å²) in [5.74, 6) is 2.81. The Morgan fingerprint density at radius 2 is 0.750 bits per heavy atom. The van der Waals surface area contributed by atoms with E-state index in [1.54, 1.807) is 0 Å². The summed E-state index contributed by atoms with van der Waals surface area (Å²) >= 11 is 0. The second kappa shape index (κ2) is 10.7. The highest BCUT2D eigenvalue weighted by Gasteiger charge is 2.34. The van der Waals surface area contributed by atoms with E-state index in [1.807, 2.05) is 0 Å². The molecule has 220 valence electrons. The quantitative estimate of drug-likeness (QED) is 0.208. The lowest BCUT2D eigenvalue weighted by atomic mass is 10.1. The minimum Gasteiger partial charge on any atom is -0.297 e. The second-order valence-corrected chi connectivity index (χ2v) is 12.7. The normalized spacial score (nSPS) is 17.4. The predicted molar refractivity (Wildman–Crippen MR) is 181 cm³/mol. The van der Waals surface area contributed by atoms with Gasteiger partial charge in [-0.05, 0) is 24.3 Å². The minimum atomic E-state index is 1.07. The van der Waals surface area contributed by atoms with Crippen LogP contribution in [0.5, 0.6) is 0 Å². The molecule has 44 heavy (non-hydrogen) atoms. The molecule has 3 aliphatic rings. The van der Waals surface area contributed by atoms with Gasteiger partial charge in [-0.15, -0.1) is 0 Å². The zero-order valence-electron chi connectivity index (χ0n) is 25.4. The molecule has 0 saturated carbocycles. The largest absolute Gasteiger partial charge is 0.297 e. The number of rotatable bonds is 6. The SMILES string of the molecule is c1ccc2c(c1)c1[n+](c3ccccc23)CCN1CCN1CCN(CCN2CC[n+]3c2c2ccccc2c2ccccc23)CC1. The van der Waals surface area contributed by atoms with E-state index in [1.165, 1.54) is 55.0 Å². The van der Waals surface area contributed by atoms with E-state index in [2.05, 4.69) is 126 Å². The number of para-hydroxylation sites is 2. The Kier molecular flexibility index (Phi) is 6.38. The molecule has 6 nitrogen and oxygen atoms in total. The van der Waals surface area contributed by atoms with Crippen molar-refractivity contribution in [2.45, 2.75) is 13.1 Å². The molecular formula is C38H40N6+2. The van der Waals surface area contributed by atoms with Crippen molar-refractivity contribution in [2.75, 3.05) is 75.2 Å². The molecule has 4 aromatic carbocycles. The molecular weight excluding hydrogens is 540 g/mol. The van der Waals surface area contributed by atoms with Gasteiger partial charge in [-0.3, -0.25) is 19.6 Å². The van der Waals surface area contributed by atoms with Crippen molar-refractivity contribution in [1.29, 1.82) is 0 Å². The molecule has 5 heterocycles. The van der Waals surface area contributed by atoms with Gasteiger partial charge in [0.05, 0.1) is 23.9 Å². The van der Waals surface area contributed by atoms with Crippen LogP contribution < -0.4 is 18.9 Å². The highest BCUT2D eigenvalue weighted by molar-refractivity contribution is 6.09. The molecule has 3 aliphatic heterocycles. The van der Waals surface area contributed by atoms with Crippen molar-refractivity contribution < 1.29 is 9.13 Å². The van der Waals surface area contributed by atoms with E-state index in [0.717, 1.165) is 78.5 Å². The maximum absolute atomic E-state index is 2.68. The van der Waals surface area contributed by atoms with E-state index in [0.29, 0.717) is 0 Å². The predicted octanol–water partition coefficient (Wildman–Crippen LogP) is 4.83. The smallest absolute Gasteiger partial charge is 0.285 e. The van der Waals surface area contributed by atoms with Gasteiger partial charge in [0, 0.05) is 60.8 Å². The highest BCUT2D eigenvalue weighted by Crippen LogP contribution is 2.33. The fourth-order valence-corrected chi connectivity index (χ4v) is 8.20. The summed E-state index contributed by atoms with van der Waals surface area (Å²) in [5, 5.41) is 8.24. The Morgan fingerprint density at radius 1 is 0.386 bits per heavy atom. The van der Waals surface area contributed by atoms with Crippen molar-refractivity contribution in [3.05, 3.63) is 97.1 Å². The van der Waals surface area contributed by atoms with Gasteiger partial charge in [0.2, 0.25) is 0 Å². The van der Waals surface area contributed by atoms with Gasteiger partial charge in [0.25, 0.3) is 11.6 Å². The summed E-state index contributed by atoms with van der Waals surface area (Å²) in [7, 11) is 0. The summed E-state index contributed by atoms with van der Waals surface area (Å²) in [6.07, 6.45) is 0. The molecule has 0 amide bonds. The van der Waals surface area contributed by atoms with E-state index < -0.39 is 0 Å². The molecule has 9 rings (SSSR count). The van der Waals surface area contributed by atoms with Crippen LogP contribution in [0.2, 0.25) is 0 Å². The lowest BCUT2D eigenvalue weighted by Crippen LogP contribution is -2.50. The van der Waals surface area contributed by atoms with Crippen molar-refractivity contribution in [2.24, 2.45) is 0 Å². The number of aromatic nitrogens is 2. The fourth-order valence-electron chi connectivity index (χ4n) is 8.20. The maximum Gasteiger partial charge on any atom is 0.285 e. The zero-order valence-corrected chi connectivity index (χ0v) is 25.4. The van der Waals surface area contributed by atoms with Crippen molar-refractivity contribution >= 4 is 55.0 Å². The van der Waals surface area contributed by atoms with Crippen molar-refractivity contribution in [3.8, 4) is 0 Å². The average Bonchev–Trinajstić information content (AvgIpc) is 3.73. The second-order valence-electron chi connectivity index (χ2n) is 12.7. The third kappa shape index (κ3) is 4.23. The molecule has 0 bridgehead atoms. The fraction of sp³-hybridized carbons (Fsp3) is 0.316. The highest BCUT2D eigenvalue weighted by atomic mass is 15.3. The first-order valence-corrected chi connectivity index (χ1v) is 16.4. The number of piperazine rings is 1. The van der Waals surface area contributed by atoms with Crippen LogP contribution >= 0.6 is 0 Å². The van der Waals surface area contributed by atoms with Gasteiger partial charge < -0.3 is 0 Å². The third-order valence-corrected chi connectivity index (χ3v) is 10.4. The summed E-state index contributed by atoms with van der Waals surface area (Å²) in [4.78, 5) is 10.6. The molecule has 2 aromatic heterocycles. The van der Waals surface area contributed by atoms with Crippen LogP contribution in [0.1, 0.15) is 0 Å². The van der Waals surface area contributed by atoms with Crippen LogP contribution in [0.4, 0.5) is 11.6 Å². The van der Waals surface area contributed by atoms with Gasteiger partial charge in [-0.2, -0.15) is 0 Å². The first kappa shape index (κ1) is 26.2. The number of benzene rings is 4. The van der Waals surface area contributed by atoms with Gasteiger partial charge in [0.15, 0.2) is 0 Å². The Morgan fingerprint density at radius 3 is 1.18 bits per heavy atom. The number of hydrogen-bond acceptors (Lipinski definition) is 4. The molecule has 0 unspecified atom stereocenters. The molecule has 0 aliphatic carbocycles. The molecule has 0 atom stereocenters. The van der Waals surface area contributed by atoms with Crippen LogP contribution in [0, 0.1) is 0 Å². The molecule has 6 heteroatoms. The molecule has 6 aromatic rings. The molecule has 0 spiro atoms. The van der Waals surface area contributed by atoms with Crippen molar-refractivity contribution in [1.82, 2.24) is 9.80 Å². The number of fused-ring (bicyclic) bond motifs is 12. The van der Waals surface area contributed by atoms with Gasteiger partial charge in [-0.1, -0.05) is 72.8 Å². The Hall–Kier alpha value is -4.26. The molecule has 0 N–H and O–H groups in total. The summed E-state index contributed by atoms with van der Waals surface area (Å²) in [5.41, 5.74) is 2.72. The average molecular weight is 581 g/mol. The van der Waals surface area contributed by atoms with Crippen LogP contribution in [0.15, 0.2) is 97.1 Å². The number of pyridine rings is 2. The third-order valence-electron chi connectivity index (χ3n) is 10.4. The summed E-state index contributed by atoms with van der Waals surface area (Å²) in [6.45, 7) is 13.4. The number of hydrogen-bond donors (Lipinski definition) is 0.